The molecule has 2 fully saturated rings. The molecule has 34 heavy (non-hydrogen) atoms. The molecule has 0 aromatic heterocycles. The first-order valence-electron chi connectivity index (χ1n) is 10.9. The second kappa shape index (κ2) is 9.36. The Morgan fingerprint density at radius 2 is 1.76 bits per heavy atom. The predicted octanol–water partition coefficient (Wildman–Crippen LogP) is 5.87. The maximum atomic E-state index is 13.0. The molecule has 9 heteroatoms. The van der Waals surface area contributed by atoms with Crippen LogP contribution in [0.15, 0.2) is 52.1 Å². The Morgan fingerprint density at radius 3 is 2.35 bits per heavy atom. The molecule has 1 saturated carbocycles. The fraction of sp³-hybridized carbons (Fsp3) is 0.320. The molecule has 0 unspecified atom stereocenters. The number of rotatable bonds is 6. The number of methoxy groups -OCH3 is 1. The van der Waals surface area contributed by atoms with Gasteiger partial charge in [0.1, 0.15) is 6.61 Å². The highest BCUT2D eigenvalue weighted by atomic mass is 79.9. The Hall–Kier alpha value is -2.35. The van der Waals surface area contributed by atoms with Crippen molar-refractivity contribution in [2.45, 2.75) is 19.4 Å². The lowest BCUT2D eigenvalue weighted by molar-refractivity contribution is -0.140. The molecular weight excluding hydrogens is 543 g/mol. The summed E-state index contributed by atoms with van der Waals surface area (Å²) in [7, 11) is 1.53. The number of hydrogen-bond acceptors (Lipinski definition) is 5. The number of nitrogens with zero attached hydrogens (tertiary/aromatic N) is 2. The number of fused-ring (bicyclic) bond motifs is 1. The van der Waals surface area contributed by atoms with Crippen LogP contribution in [0.25, 0.3) is 0 Å². The van der Waals surface area contributed by atoms with Gasteiger partial charge in [0.15, 0.2) is 11.5 Å². The fourth-order valence-corrected chi connectivity index (χ4v) is 6.08. The van der Waals surface area contributed by atoms with Gasteiger partial charge in [0.2, 0.25) is 0 Å². The number of halogens is 3. The van der Waals surface area contributed by atoms with Crippen LogP contribution in [0, 0.1) is 23.7 Å². The summed E-state index contributed by atoms with van der Waals surface area (Å²) in [5.41, 5.74) is 1.43. The third-order valence-electron chi connectivity index (χ3n) is 6.70. The summed E-state index contributed by atoms with van der Waals surface area (Å²) >= 11 is 15.7. The second-order valence-corrected chi connectivity index (χ2v) is 10.3. The minimum Gasteiger partial charge on any atom is -0.493 e. The van der Waals surface area contributed by atoms with Gasteiger partial charge in [-0.3, -0.25) is 9.59 Å². The SMILES string of the molecule is COc1cc(/C=N\N2C(=O)[C@@H]3[C@@H](C2=O)[C@H]2C=C[C@H]3CC2)cc(Br)c1OCc1ccc(Cl)cc1Cl. The van der Waals surface area contributed by atoms with Gasteiger partial charge in [-0.15, -0.1) is 0 Å². The Bertz CT molecular complexity index is 1200. The lowest BCUT2D eigenvalue weighted by Gasteiger charge is -2.37. The maximum absolute atomic E-state index is 13.0. The molecular formula is C25H21BrCl2N2O4. The van der Waals surface area contributed by atoms with Gasteiger partial charge in [-0.25, -0.2) is 0 Å². The van der Waals surface area contributed by atoms with Gasteiger partial charge in [0.05, 0.1) is 29.6 Å². The van der Waals surface area contributed by atoms with Crippen molar-refractivity contribution < 1.29 is 19.1 Å². The van der Waals surface area contributed by atoms with Crippen molar-refractivity contribution in [3.05, 3.63) is 68.1 Å². The van der Waals surface area contributed by atoms with Gasteiger partial charge >= 0.3 is 0 Å². The van der Waals surface area contributed by atoms with Crippen LogP contribution < -0.4 is 9.47 Å². The normalized spacial score (nSPS) is 25.4. The van der Waals surface area contributed by atoms with E-state index in [1.807, 2.05) is 0 Å². The smallest absolute Gasteiger partial charge is 0.254 e. The molecule has 6 nitrogen and oxygen atoms in total. The van der Waals surface area contributed by atoms with Crippen LogP contribution in [0.5, 0.6) is 11.5 Å². The standard InChI is InChI=1S/C25H21BrCl2N2O4/c1-33-20-9-13(8-18(26)23(20)34-12-16-6-7-17(27)10-19(16)28)11-29-30-24(31)21-14-2-3-15(5-4-14)22(21)25(30)32/h2-3,6-11,14-15,21-22H,4-5,12H2,1H3/b29-11-/t14-,15-,21-,22-/m0/s1. The molecule has 6 rings (SSSR count). The Labute approximate surface area is 215 Å². The molecule has 3 aliphatic carbocycles. The molecule has 2 aromatic carbocycles. The van der Waals surface area contributed by atoms with Crippen molar-refractivity contribution in [2.75, 3.05) is 7.11 Å². The summed E-state index contributed by atoms with van der Waals surface area (Å²) in [6.07, 6.45) is 7.57. The number of hydrazone groups is 1. The number of benzene rings is 2. The van der Waals surface area contributed by atoms with Gasteiger partial charge in [0.25, 0.3) is 11.8 Å². The van der Waals surface area contributed by atoms with Gasteiger partial charge in [-0.05, 0) is 70.4 Å². The van der Waals surface area contributed by atoms with E-state index in [9.17, 15) is 9.59 Å². The van der Waals surface area contributed by atoms with Gasteiger partial charge in [0, 0.05) is 15.6 Å². The monoisotopic (exact) mass is 562 g/mol. The van der Waals surface area contributed by atoms with Gasteiger partial charge in [-0.1, -0.05) is 41.4 Å². The van der Waals surface area contributed by atoms with Gasteiger partial charge < -0.3 is 9.47 Å². The molecule has 4 aliphatic rings. The van der Waals surface area contributed by atoms with Crippen molar-refractivity contribution >= 4 is 57.2 Å². The summed E-state index contributed by atoms with van der Waals surface area (Å²) in [4.78, 5) is 25.9. The lowest BCUT2D eigenvalue weighted by atomic mass is 9.63. The number of imide groups is 1. The van der Waals surface area contributed by atoms with Crippen molar-refractivity contribution in [3.63, 3.8) is 0 Å². The third kappa shape index (κ3) is 4.14. The number of ether oxygens (including phenoxy) is 2. The van der Waals surface area contributed by atoms with Crippen molar-refractivity contribution in [3.8, 4) is 11.5 Å². The quantitative estimate of drug-likeness (QED) is 0.250. The first-order chi connectivity index (χ1) is 16.4. The van der Waals surface area contributed by atoms with E-state index in [2.05, 4.69) is 33.2 Å². The Balaban J connectivity index is 1.34. The average Bonchev–Trinajstić information content (AvgIpc) is 3.10. The lowest BCUT2D eigenvalue weighted by Crippen LogP contribution is -2.38. The van der Waals surface area contributed by atoms with Crippen LogP contribution in [0.1, 0.15) is 24.0 Å². The molecule has 0 radical (unpaired) electrons. The summed E-state index contributed by atoms with van der Waals surface area (Å²) in [6.45, 7) is 0.217. The topological polar surface area (TPSA) is 68.2 Å². The predicted molar refractivity (Wildman–Crippen MR) is 133 cm³/mol. The summed E-state index contributed by atoms with van der Waals surface area (Å²) in [6, 6.07) is 8.72. The fourth-order valence-electron chi connectivity index (χ4n) is 5.04. The highest BCUT2D eigenvalue weighted by Gasteiger charge is 2.56. The minimum atomic E-state index is -0.287. The minimum absolute atomic E-state index is 0.131. The van der Waals surface area contributed by atoms with Crippen LogP contribution in [0.3, 0.4) is 0 Å². The molecule has 1 aliphatic heterocycles. The van der Waals surface area contributed by atoms with Gasteiger partial charge in [-0.2, -0.15) is 10.1 Å². The first-order valence-corrected chi connectivity index (χ1v) is 12.5. The number of hydrogen-bond donors (Lipinski definition) is 0. The van der Waals surface area contributed by atoms with Crippen molar-refractivity contribution in [2.24, 2.45) is 28.8 Å². The second-order valence-electron chi connectivity index (χ2n) is 8.63. The molecule has 1 heterocycles. The van der Waals surface area contributed by atoms with Crippen LogP contribution in [0.2, 0.25) is 10.0 Å². The molecule has 2 aromatic rings. The average molecular weight is 564 g/mol. The van der Waals surface area contributed by atoms with Crippen molar-refractivity contribution in [1.82, 2.24) is 5.01 Å². The van der Waals surface area contributed by atoms with Crippen LogP contribution in [-0.4, -0.2) is 30.1 Å². The number of allylic oxidation sites excluding steroid dienone is 2. The number of carbonyl (C=O) groups is 2. The molecule has 1 saturated heterocycles. The van der Waals surface area contributed by atoms with E-state index in [1.165, 1.54) is 13.3 Å². The number of carbonyl (C=O) groups excluding carboxylic acids is 2. The molecule has 0 N–H and O–H groups in total. The van der Waals surface area contributed by atoms with E-state index in [0.29, 0.717) is 31.6 Å². The summed E-state index contributed by atoms with van der Waals surface area (Å²) < 4.78 is 12.1. The Kier molecular flexibility index (Phi) is 6.44. The van der Waals surface area contributed by atoms with Crippen LogP contribution in [0.4, 0.5) is 0 Å². The largest absolute Gasteiger partial charge is 0.493 e. The molecule has 4 atom stereocenters. The zero-order valence-corrected chi connectivity index (χ0v) is 21.3. The molecule has 2 bridgehead atoms. The zero-order chi connectivity index (χ0) is 24.0. The van der Waals surface area contributed by atoms with Crippen LogP contribution >= 0.6 is 39.1 Å². The van der Waals surface area contributed by atoms with E-state index in [-0.39, 0.29) is 42.1 Å². The van der Waals surface area contributed by atoms with E-state index in [1.54, 1.807) is 30.3 Å². The zero-order valence-electron chi connectivity index (χ0n) is 18.2. The maximum Gasteiger partial charge on any atom is 0.254 e. The first kappa shape index (κ1) is 23.4. The molecule has 2 amide bonds. The van der Waals surface area contributed by atoms with E-state index in [0.717, 1.165) is 23.4 Å². The van der Waals surface area contributed by atoms with E-state index >= 15 is 0 Å². The highest BCUT2D eigenvalue weighted by Crippen LogP contribution is 2.49. The highest BCUT2D eigenvalue weighted by molar-refractivity contribution is 9.10. The number of amides is 2. The molecule has 176 valence electrons. The Morgan fingerprint density at radius 1 is 1.09 bits per heavy atom. The summed E-state index contributed by atoms with van der Waals surface area (Å²) in [5.74, 6) is 0.226. The van der Waals surface area contributed by atoms with E-state index < -0.39 is 0 Å². The summed E-state index contributed by atoms with van der Waals surface area (Å²) in [5, 5.41) is 6.37. The van der Waals surface area contributed by atoms with Crippen LogP contribution in [-0.2, 0) is 16.2 Å². The molecule has 0 spiro atoms. The van der Waals surface area contributed by atoms with Crippen molar-refractivity contribution in [1.29, 1.82) is 0 Å². The van der Waals surface area contributed by atoms with E-state index in [4.69, 9.17) is 32.7 Å². The third-order valence-corrected chi connectivity index (χ3v) is 7.87.